The molecule has 3 atom stereocenters. The first kappa shape index (κ1) is 30.7. The van der Waals surface area contributed by atoms with Gasteiger partial charge in [-0.2, -0.15) is 0 Å². The largest absolute Gasteiger partial charge is 0.481 e. The van der Waals surface area contributed by atoms with Crippen molar-refractivity contribution in [2.24, 2.45) is 17.2 Å². The molecule has 12 N–H and O–H groups in total. The molecule has 0 saturated heterocycles. The molecule has 0 heterocycles. The fourth-order valence-corrected chi connectivity index (χ4v) is 1.54. The fourth-order valence-electron chi connectivity index (χ4n) is 1.54. The Labute approximate surface area is 167 Å². The van der Waals surface area contributed by atoms with Crippen molar-refractivity contribution in [1.82, 2.24) is 0 Å². The molecule has 0 aliphatic rings. The average molecular weight is 419 g/mol. The molecule has 0 saturated carbocycles. The van der Waals surface area contributed by atoms with E-state index in [2.05, 4.69) is 12.1 Å². The topological polar surface area (TPSA) is 259 Å². The molecule has 1 rings (SSSR count). The van der Waals surface area contributed by atoms with Gasteiger partial charge >= 0.3 is 23.9 Å². The number of hydrogen-bond acceptors (Lipinski definition) is 7. The summed E-state index contributed by atoms with van der Waals surface area (Å²) < 4.78 is 0. The summed E-state index contributed by atoms with van der Waals surface area (Å²) in [7, 11) is 0. The van der Waals surface area contributed by atoms with Crippen molar-refractivity contribution in [1.29, 1.82) is 0 Å². The van der Waals surface area contributed by atoms with Crippen LogP contribution in [0.5, 0.6) is 0 Å². The Morgan fingerprint density at radius 3 is 1.34 bits per heavy atom. The normalized spacial score (nSPS) is 12.3. The number of hydrogen-bond donors (Lipinski definition) is 7. The highest BCUT2D eigenvalue weighted by Gasteiger charge is 2.15. The molecule has 29 heavy (non-hydrogen) atoms. The van der Waals surface area contributed by atoms with Crippen LogP contribution in [0.15, 0.2) is 30.3 Å². The maximum absolute atomic E-state index is 9.85. The third-order valence-electron chi connectivity index (χ3n) is 2.82. The number of carboxylic acid groups (broad SMARTS) is 4. The van der Waals surface area contributed by atoms with Gasteiger partial charge in [-0.3, -0.25) is 19.2 Å². The van der Waals surface area contributed by atoms with Crippen LogP contribution < -0.4 is 17.2 Å². The van der Waals surface area contributed by atoms with Gasteiger partial charge in [0, 0.05) is 6.04 Å². The second-order valence-corrected chi connectivity index (χ2v) is 5.75. The summed E-state index contributed by atoms with van der Waals surface area (Å²) >= 11 is 0. The van der Waals surface area contributed by atoms with Crippen molar-refractivity contribution < 1.29 is 45.1 Å². The summed E-state index contributed by atoms with van der Waals surface area (Å²) in [5, 5.41) is 32.1. The third kappa shape index (κ3) is 21.1. The van der Waals surface area contributed by atoms with E-state index < -0.39 is 48.8 Å². The zero-order valence-electron chi connectivity index (χ0n) is 15.9. The van der Waals surface area contributed by atoms with Gasteiger partial charge in [-0.15, -0.1) is 0 Å². The Balaban J connectivity index is -0.000000345. The summed E-state index contributed by atoms with van der Waals surface area (Å²) in [4.78, 5) is 39.2. The summed E-state index contributed by atoms with van der Waals surface area (Å²) in [6.45, 7) is 2.02. The molecule has 0 fully saturated rings. The quantitative estimate of drug-likeness (QED) is 0.255. The summed E-state index contributed by atoms with van der Waals surface area (Å²) in [5.74, 6) is -5.00. The van der Waals surface area contributed by atoms with E-state index in [1.54, 1.807) is 0 Å². The molecule has 0 aliphatic carbocycles. The molecule has 0 spiro atoms. The van der Waals surface area contributed by atoms with Crippen molar-refractivity contribution in [2.45, 2.75) is 44.3 Å². The molecule has 12 nitrogen and oxygen atoms in total. The van der Waals surface area contributed by atoms with Gasteiger partial charge in [0.05, 0.1) is 12.8 Å². The van der Waals surface area contributed by atoms with E-state index in [9.17, 15) is 19.2 Å². The molecule has 166 valence electrons. The van der Waals surface area contributed by atoms with Gasteiger partial charge in [-0.1, -0.05) is 30.3 Å². The summed E-state index contributed by atoms with van der Waals surface area (Å²) in [5.41, 5.74) is 16.6. The maximum atomic E-state index is 9.85. The van der Waals surface area contributed by atoms with Gasteiger partial charge < -0.3 is 43.1 Å². The summed E-state index contributed by atoms with van der Waals surface area (Å²) in [6, 6.07) is 7.99. The number of rotatable bonds is 8. The minimum atomic E-state index is -1.29. The Kier molecular flexibility index (Phi) is 18.0. The van der Waals surface area contributed by atoms with Crippen molar-refractivity contribution in [3.05, 3.63) is 35.9 Å². The Morgan fingerprint density at radius 2 is 1.14 bits per heavy atom. The molecule has 0 amide bonds. The SMILES string of the molecule is CC(N)Cc1ccccc1.NC(CC(=O)O)C(=O)O.NC(CC(=O)O)C(=O)O.O. The lowest BCUT2D eigenvalue weighted by Gasteiger charge is -2.02. The Bertz CT molecular complexity index is 592. The zero-order chi connectivity index (χ0) is 22.3. The molecule has 0 bridgehead atoms. The van der Waals surface area contributed by atoms with Gasteiger partial charge in [0.1, 0.15) is 12.1 Å². The highest BCUT2D eigenvalue weighted by atomic mass is 16.4. The van der Waals surface area contributed by atoms with Crippen LogP contribution >= 0.6 is 0 Å². The van der Waals surface area contributed by atoms with Crippen molar-refractivity contribution in [2.75, 3.05) is 0 Å². The van der Waals surface area contributed by atoms with Crippen molar-refractivity contribution >= 4 is 23.9 Å². The van der Waals surface area contributed by atoms with Crippen LogP contribution in [-0.2, 0) is 25.6 Å². The van der Waals surface area contributed by atoms with E-state index in [4.69, 9.17) is 37.6 Å². The van der Waals surface area contributed by atoms with Crippen LogP contribution in [0.4, 0.5) is 0 Å². The van der Waals surface area contributed by atoms with Gasteiger partial charge in [0.15, 0.2) is 0 Å². The highest BCUT2D eigenvalue weighted by molar-refractivity contribution is 5.80. The molecule has 0 aliphatic heterocycles. The minimum absolute atomic E-state index is 0. The molecule has 12 heteroatoms. The highest BCUT2D eigenvalue weighted by Crippen LogP contribution is 2.00. The molecule has 0 radical (unpaired) electrons. The van der Waals surface area contributed by atoms with Crippen LogP contribution in [0.2, 0.25) is 0 Å². The van der Waals surface area contributed by atoms with E-state index in [0.29, 0.717) is 0 Å². The van der Waals surface area contributed by atoms with Crippen LogP contribution in [0.25, 0.3) is 0 Å². The van der Waals surface area contributed by atoms with Crippen LogP contribution in [-0.4, -0.2) is 67.9 Å². The number of benzene rings is 1. The van der Waals surface area contributed by atoms with Crippen LogP contribution in [0.3, 0.4) is 0 Å². The van der Waals surface area contributed by atoms with E-state index in [1.807, 2.05) is 25.1 Å². The Hall–Kier alpha value is -3.06. The molecular weight excluding hydrogens is 390 g/mol. The lowest BCUT2D eigenvalue weighted by molar-refractivity contribution is -0.144. The average Bonchev–Trinajstić information content (AvgIpc) is 2.55. The lowest BCUT2D eigenvalue weighted by Crippen LogP contribution is -2.32. The van der Waals surface area contributed by atoms with Gasteiger partial charge in [-0.25, -0.2) is 0 Å². The van der Waals surface area contributed by atoms with Crippen molar-refractivity contribution in [3.63, 3.8) is 0 Å². The van der Waals surface area contributed by atoms with Crippen LogP contribution in [0.1, 0.15) is 25.3 Å². The smallest absolute Gasteiger partial charge is 0.321 e. The monoisotopic (exact) mass is 419 g/mol. The molecule has 1 aromatic rings. The second-order valence-electron chi connectivity index (χ2n) is 5.75. The van der Waals surface area contributed by atoms with E-state index in [1.165, 1.54) is 5.56 Å². The predicted molar refractivity (Wildman–Crippen MR) is 103 cm³/mol. The molecular formula is C17H29N3O9. The molecule has 1 aromatic carbocycles. The number of nitrogens with two attached hydrogens (primary N) is 3. The predicted octanol–water partition coefficient (Wildman–Crippen LogP) is -1.50. The number of carbonyl (C=O) groups is 4. The number of aliphatic carboxylic acids is 4. The molecule has 3 unspecified atom stereocenters. The van der Waals surface area contributed by atoms with Gasteiger partial charge in [-0.05, 0) is 18.9 Å². The maximum Gasteiger partial charge on any atom is 0.321 e. The van der Waals surface area contributed by atoms with Crippen molar-refractivity contribution in [3.8, 4) is 0 Å². The zero-order valence-corrected chi connectivity index (χ0v) is 15.9. The van der Waals surface area contributed by atoms with Gasteiger partial charge in [0.25, 0.3) is 0 Å². The lowest BCUT2D eigenvalue weighted by atomic mass is 10.1. The first-order chi connectivity index (χ1) is 12.9. The minimum Gasteiger partial charge on any atom is -0.481 e. The van der Waals surface area contributed by atoms with Gasteiger partial charge in [0.2, 0.25) is 0 Å². The summed E-state index contributed by atoms with van der Waals surface area (Å²) in [6.07, 6.45) is -0.0918. The third-order valence-corrected chi connectivity index (χ3v) is 2.82. The second kappa shape index (κ2) is 17.1. The fraction of sp³-hybridized carbons (Fsp3) is 0.412. The van der Waals surface area contributed by atoms with E-state index >= 15 is 0 Å². The Morgan fingerprint density at radius 1 is 0.793 bits per heavy atom. The first-order valence-electron chi connectivity index (χ1n) is 8.06. The standard InChI is InChI=1S/C9H13N.2C4H7NO4.H2O/c1-8(10)7-9-5-3-2-4-6-9;2*5-2(4(8)9)1-3(6)7;/h2-6,8H,7,10H2,1H3;2*2H,1,5H2,(H,6,7)(H,8,9);1H2. The van der Waals surface area contributed by atoms with E-state index in [0.717, 1.165) is 6.42 Å². The number of carboxylic acids is 4. The van der Waals surface area contributed by atoms with Crippen LogP contribution in [0, 0.1) is 0 Å². The molecule has 0 aromatic heterocycles. The first-order valence-corrected chi connectivity index (χ1v) is 8.06. The van der Waals surface area contributed by atoms with E-state index in [-0.39, 0.29) is 11.5 Å².